The zero-order chi connectivity index (χ0) is 29.2. The first-order valence-electron chi connectivity index (χ1n) is 12.9. The molecule has 4 aromatic rings. The van der Waals surface area contributed by atoms with E-state index in [1.165, 1.54) is 11.3 Å². The molecule has 0 aliphatic heterocycles. The van der Waals surface area contributed by atoms with Crippen molar-refractivity contribution in [3.8, 4) is 22.8 Å². The summed E-state index contributed by atoms with van der Waals surface area (Å²) < 4.78 is 39.1. The lowest BCUT2D eigenvalue weighted by molar-refractivity contribution is -0.141. The number of carbonyl (C=O) groups is 1. The Bertz CT molecular complexity index is 1600. The molecular weight excluding hydrogens is 551 g/mol. The fourth-order valence-electron chi connectivity index (χ4n) is 4.77. The highest BCUT2D eigenvalue weighted by Crippen LogP contribution is 2.41. The maximum atomic E-state index is 13.0. The third kappa shape index (κ3) is 6.56. The second-order valence-corrected chi connectivity index (χ2v) is 11.0. The van der Waals surface area contributed by atoms with Crippen molar-refractivity contribution < 1.29 is 23.1 Å². The molecule has 1 saturated carbocycles. The Balaban J connectivity index is 1.25. The van der Waals surface area contributed by atoms with Gasteiger partial charge in [0.15, 0.2) is 0 Å². The van der Waals surface area contributed by atoms with Crippen LogP contribution in [0.5, 0.6) is 0 Å². The molecule has 0 bridgehead atoms. The highest BCUT2D eigenvalue weighted by molar-refractivity contribution is 7.15. The van der Waals surface area contributed by atoms with Crippen LogP contribution in [0.2, 0.25) is 0 Å². The number of anilines is 2. The average molecular weight is 578 g/mol. The number of terminal acetylenes is 1. The number of nitrogens with zero attached hydrogens (tertiary/aromatic N) is 3. The second kappa shape index (κ2) is 11.3. The van der Waals surface area contributed by atoms with E-state index in [0.717, 1.165) is 28.3 Å². The van der Waals surface area contributed by atoms with Crippen molar-refractivity contribution in [1.82, 2.24) is 20.3 Å². The summed E-state index contributed by atoms with van der Waals surface area (Å²) in [4.78, 5) is 25.4. The fraction of sp³-hybridized carbons (Fsp3) is 0.267. The number of hydrogen-bond acceptors (Lipinski definition) is 7. The first-order chi connectivity index (χ1) is 19.5. The van der Waals surface area contributed by atoms with E-state index < -0.39 is 17.5 Å². The lowest BCUT2D eigenvalue weighted by Gasteiger charge is -2.34. The van der Waals surface area contributed by atoms with Crippen molar-refractivity contribution in [2.45, 2.75) is 50.4 Å². The molecule has 1 aliphatic rings. The molecule has 0 atom stereocenters. The standard InChI is InChI=1S/C30H26F3N5O2S/c1-3-19-4-6-20(7-5-19)26(39)36-22-8-11-29(40,12-9-22)27-35-17-24(41-27)21-14-18(2)15-23(16-21)37-28-34-13-10-25(38-28)30(31,32)33/h1,4-7,10,13-17,22,40H,8-9,11-12H2,2H3,(H,36,39)(H,34,37,38)/t22-,29+. The van der Waals surface area contributed by atoms with Crippen LogP contribution in [-0.4, -0.2) is 32.0 Å². The Kier molecular flexibility index (Phi) is 7.80. The number of aryl methyl sites for hydroxylation is 1. The molecule has 1 aliphatic carbocycles. The molecule has 1 fully saturated rings. The molecule has 2 aromatic carbocycles. The van der Waals surface area contributed by atoms with Gasteiger partial charge in [-0.2, -0.15) is 13.2 Å². The smallest absolute Gasteiger partial charge is 0.383 e. The van der Waals surface area contributed by atoms with E-state index in [1.807, 2.05) is 13.0 Å². The summed E-state index contributed by atoms with van der Waals surface area (Å²) in [6, 6.07) is 13.1. The lowest BCUT2D eigenvalue weighted by atomic mass is 9.82. The SMILES string of the molecule is C#Cc1ccc(C(=O)N[C@H]2CC[C@](O)(c3ncc(-c4cc(C)cc(Nc5nccc(C(F)(F)F)n5)c4)s3)CC2)cc1. The maximum absolute atomic E-state index is 13.0. The summed E-state index contributed by atoms with van der Waals surface area (Å²) in [5.41, 5.74) is 1.28. The molecule has 0 radical (unpaired) electrons. The van der Waals surface area contributed by atoms with Gasteiger partial charge in [-0.15, -0.1) is 17.8 Å². The number of alkyl halides is 3. The van der Waals surface area contributed by atoms with Crippen molar-refractivity contribution in [1.29, 1.82) is 0 Å². The van der Waals surface area contributed by atoms with Gasteiger partial charge in [0, 0.05) is 35.2 Å². The van der Waals surface area contributed by atoms with Crippen LogP contribution in [0.4, 0.5) is 24.8 Å². The van der Waals surface area contributed by atoms with E-state index in [9.17, 15) is 23.1 Å². The van der Waals surface area contributed by atoms with Crippen LogP contribution >= 0.6 is 11.3 Å². The number of amides is 1. The molecule has 2 aromatic heterocycles. The average Bonchev–Trinajstić information content (AvgIpc) is 3.45. The van der Waals surface area contributed by atoms with Crippen LogP contribution in [0.15, 0.2) is 60.9 Å². The summed E-state index contributed by atoms with van der Waals surface area (Å²) in [6.07, 6.45) is 5.61. The molecular formula is C30H26F3N5O2S. The summed E-state index contributed by atoms with van der Waals surface area (Å²) in [5.74, 6) is 2.18. The van der Waals surface area contributed by atoms with Gasteiger partial charge < -0.3 is 15.7 Å². The van der Waals surface area contributed by atoms with Gasteiger partial charge >= 0.3 is 6.18 Å². The highest BCUT2D eigenvalue weighted by Gasteiger charge is 2.38. The molecule has 2 heterocycles. The van der Waals surface area contributed by atoms with E-state index >= 15 is 0 Å². The van der Waals surface area contributed by atoms with E-state index in [0.29, 0.717) is 47.5 Å². The van der Waals surface area contributed by atoms with E-state index in [1.54, 1.807) is 42.6 Å². The molecule has 0 saturated heterocycles. The van der Waals surface area contributed by atoms with E-state index in [4.69, 9.17) is 6.42 Å². The lowest BCUT2D eigenvalue weighted by Crippen LogP contribution is -2.42. The Hall–Kier alpha value is -4.27. The molecule has 3 N–H and O–H groups in total. The van der Waals surface area contributed by atoms with Gasteiger partial charge in [0.2, 0.25) is 5.95 Å². The van der Waals surface area contributed by atoms with E-state index in [2.05, 4.69) is 31.5 Å². The van der Waals surface area contributed by atoms with Gasteiger partial charge in [-0.3, -0.25) is 4.79 Å². The molecule has 5 rings (SSSR count). The fourth-order valence-corrected chi connectivity index (χ4v) is 5.82. The Morgan fingerprint density at radius 3 is 2.54 bits per heavy atom. The number of rotatable bonds is 6. The molecule has 1 amide bonds. The third-order valence-electron chi connectivity index (χ3n) is 6.93. The normalized spacial score (nSPS) is 18.9. The molecule has 41 heavy (non-hydrogen) atoms. The van der Waals surface area contributed by atoms with Crippen molar-refractivity contribution >= 4 is 28.9 Å². The Morgan fingerprint density at radius 1 is 1.12 bits per heavy atom. The number of hydrogen-bond donors (Lipinski definition) is 3. The quantitative estimate of drug-likeness (QED) is 0.236. The van der Waals surface area contributed by atoms with Gasteiger partial charge in [0.05, 0.1) is 4.88 Å². The molecule has 0 unspecified atom stereocenters. The number of thiazole rings is 1. The van der Waals surface area contributed by atoms with Gasteiger partial charge in [0.25, 0.3) is 5.91 Å². The molecule has 7 nitrogen and oxygen atoms in total. The summed E-state index contributed by atoms with van der Waals surface area (Å²) in [7, 11) is 0. The van der Waals surface area contributed by atoms with Crippen molar-refractivity contribution in [2.75, 3.05) is 5.32 Å². The van der Waals surface area contributed by atoms with Crippen LogP contribution in [0.1, 0.15) is 57.9 Å². The maximum Gasteiger partial charge on any atom is 0.433 e. The first-order valence-corrected chi connectivity index (χ1v) is 13.7. The van der Waals surface area contributed by atoms with Crippen LogP contribution in [0, 0.1) is 19.3 Å². The minimum atomic E-state index is -4.57. The molecule has 11 heteroatoms. The number of halogens is 3. The number of aromatic nitrogens is 3. The van der Waals surface area contributed by atoms with Gasteiger partial charge in [-0.25, -0.2) is 15.0 Å². The molecule has 0 spiro atoms. The van der Waals surface area contributed by atoms with Gasteiger partial charge in [-0.1, -0.05) is 12.0 Å². The largest absolute Gasteiger partial charge is 0.433 e. The molecule has 210 valence electrons. The monoisotopic (exact) mass is 577 g/mol. The highest BCUT2D eigenvalue weighted by atomic mass is 32.1. The predicted octanol–water partition coefficient (Wildman–Crippen LogP) is 6.21. The first kappa shape index (κ1) is 28.3. The number of nitrogens with one attached hydrogen (secondary N) is 2. The minimum absolute atomic E-state index is 0.0713. The van der Waals surface area contributed by atoms with Crippen LogP contribution < -0.4 is 10.6 Å². The Labute approximate surface area is 238 Å². The number of benzene rings is 2. The van der Waals surface area contributed by atoms with Gasteiger partial charge in [-0.05, 0) is 86.2 Å². The van der Waals surface area contributed by atoms with Crippen LogP contribution in [-0.2, 0) is 11.8 Å². The van der Waals surface area contributed by atoms with E-state index in [-0.39, 0.29) is 17.9 Å². The zero-order valence-corrected chi connectivity index (χ0v) is 22.8. The van der Waals surface area contributed by atoms with Crippen LogP contribution in [0.3, 0.4) is 0 Å². The Morgan fingerprint density at radius 2 is 1.85 bits per heavy atom. The third-order valence-corrected chi connectivity index (χ3v) is 8.17. The number of aliphatic hydroxyl groups is 1. The topological polar surface area (TPSA) is 100 Å². The van der Waals surface area contributed by atoms with Crippen molar-refractivity contribution in [3.05, 3.63) is 88.3 Å². The van der Waals surface area contributed by atoms with Crippen molar-refractivity contribution in [2.24, 2.45) is 0 Å². The van der Waals surface area contributed by atoms with Gasteiger partial charge in [0.1, 0.15) is 16.3 Å². The zero-order valence-electron chi connectivity index (χ0n) is 22.0. The van der Waals surface area contributed by atoms with Crippen LogP contribution in [0.25, 0.3) is 10.4 Å². The summed E-state index contributed by atoms with van der Waals surface area (Å²) in [5, 5.41) is 17.9. The summed E-state index contributed by atoms with van der Waals surface area (Å²) in [6.45, 7) is 1.87. The predicted molar refractivity (Wildman–Crippen MR) is 151 cm³/mol. The van der Waals surface area contributed by atoms with Crippen molar-refractivity contribution in [3.63, 3.8) is 0 Å². The minimum Gasteiger partial charge on any atom is -0.383 e. The summed E-state index contributed by atoms with van der Waals surface area (Å²) >= 11 is 1.36. The second-order valence-electron chi connectivity index (χ2n) is 10.0. The number of carbonyl (C=O) groups excluding carboxylic acids is 1.